The minimum Gasteiger partial charge on any atom is -0.378 e. The number of nitrogens with zero attached hydrogens (tertiary/aromatic N) is 5. The van der Waals surface area contributed by atoms with E-state index in [4.69, 9.17) is 4.99 Å². The van der Waals surface area contributed by atoms with Crippen LogP contribution in [0.15, 0.2) is 89.0 Å². The van der Waals surface area contributed by atoms with Crippen LogP contribution in [-0.4, -0.2) is 46.7 Å². The van der Waals surface area contributed by atoms with E-state index in [1.165, 1.54) is 11.8 Å². The topological polar surface area (TPSA) is 53.7 Å². The molecule has 1 saturated heterocycles. The van der Waals surface area contributed by atoms with Crippen molar-refractivity contribution in [3.05, 3.63) is 89.7 Å². The van der Waals surface area contributed by atoms with E-state index in [2.05, 4.69) is 38.7 Å². The van der Waals surface area contributed by atoms with E-state index < -0.39 is 0 Å². The van der Waals surface area contributed by atoms with Crippen LogP contribution in [-0.2, 0) is 4.79 Å². The van der Waals surface area contributed by atoms with Gasteiger partial charge < -0.3 is 9.47 Å². The summed E-state index contributed by atoms with van der Waals surface area (Å²) in [6, 6.07) is 22.1. The highest BCUT2D eigenvalue weighted by Crippen LogP contribution is 2.34. The number of amidine groups is 1. The monoisotopic (exact) mass is 453 g/mol. The number of benzene rings is 2. The molecule has 4 aromatic rings. The summed E-state index contributed by atoms with van der Waals surface area (Å²) in [6.45, 7) is 0. The molecule has 0 unspecified atom stereocenters. The number of carbonyl (C=O) groups is 1. The molecule has 0 aliphatic carbocycles. The first-order chi connectivity index (χ1) is 16.0. The molecule has 1 aliphatic heterocycles. The third kappa shape index (κ3) is 4.15. The van der Waals surface area contributed by atoms with Crippen molar-refractivity contribution in [1.29, 1.82) is 0 Å². The van der Waals surface area contributed by atoms with Crippen LogP contribution in [0.4, 0.5) is 11.4 Å². The number of aromatic nitrogens is 2. The number of hydrogen-bond donors (Lipinski definition) is 0. The van der Waals surface area contributed by atoms with Gasteiger partial charge in [-0.25, -0.2) is 4.99 Å². The number of aliphatic imine (C=N–C) groups is 1. The molecule has 6 nitrogen and oxygen atoms in total. The van der Waals surface area contributed by atoms with Crippen LogP contribution >= 0.6 is 11.8 Å². The number of amides is 1. The van der Waals surface area contributed by atoms with Crippen LogP contribution in [0.5, 0.6) is 0 Å². The molecule has 0 radical (unpaired) electrons. The fraction of sp³-hybridized carbons (Fsp3) is 0.115. The Morgan fingerprint density at radius 1 is 1.03 bits per heavy atom. The fourth-order valence-electron chi connectivity index (χ4n) is 3.69. The van der Waals surface area contributed by atoms with Gasteiger partial charge in [0.2, 0.25) is 0 Å². The van der Waals surface area contributed by atoms with Crippen molar-refractivity contribution < 1.29 is 4.79 Å². The third-order valence-corrected chi connectivity index (χ3v) is 6.58. The fourth-order valence-corrected chi connectivity index (χ4v) is 4.66. The Hall–Kier alpha value is -3.84. The summed E-state index contributed by atoms with van der Waals surface area (Å²) in [6.07, 6.45) is 5.70. The Labute approximate surface area is 196 Å². The molecule has 7 heteroatoms. The lowest BCUT2D eigenvalue weighted by Crippen LogP contribution is -2.23. The van der Waals surface area contributed by atoms with E-state index in [1.54, 1.807) is 18.1 Å². The van der Waals surface area contributed by atoms with Crippen molar-refractivity contribution in [1.82, 2.24) is 14.5 Å². The zero-order chi connectivity index (χ0) is 22.9. The Morgan fingerprint density at radius 2 is 1.85 bits per heavy atom. The van der Waals surface area contributed by atoms with E-state index in [9.17, 15) is 4.79 Å². The van der Waals surface area contributed by atoms with Crippen molar-refractivity contribution in [2.75, 3.05) is 26.0 Å². The minimum absolute atomic E-state index is 0.0584. The Morgan fingerprint density at radius 3 is 2.64 bits per heavy atom. The van der Waals surface area contributed by atoms with Crippen LogP contribution in [0, 0.1) is 0 Å². The Balaban J connectivity index is 1.44. The highest BCUT2D eigenvalue weighted by molar-refractivity contribution is 8.18. The first-order valence-corrected chi connectivity index (χ1v) is 11.4. The van der Waals surface area contributed by atoms with E-state index in [0.29, 0.717) is 10.1 Å². The lowest BCUT2D eigenvalue weighted by Gasteiger charge is -2.13. The van der Waals surface area contributed by atoms with Crippen molar-refractivity contribution in [2.24, 2.45) is 4.99 Å². The summed E-state index contributed by atoms with van der Waals surface area (Å²) in [7, 11) is 5.80. The molecule has 1 fully saturated rings. The molecule has 164 valence electrons. The lowest BCUT2D eigenvalue weighted by atomic mass is 10.2. The molecular weight excluding hydrogens is 430 g/mol. The van der Waals surface area contributed by atoms with Gasteiger partial charge in [0, 0.05) is 56.0 Å². The molecule has 0 atom stereocenters. The average molecular weight is 454 g/mol. The highest BCUT2D eigenvalue weighted by Gasteiger charge is 2.30. The lowest BCUT2D eigenvalue weighted by molar-refractivity contribution is -0.121. The number of thioether (sulfide) groups is 1. The smallest absolute Gasteiger partial charge is 0.266 e. The molecule has 0 spiro atoms. The summed E-state index contributed by atoms with van der Waals surface area (Å²) in [5.41, 5.74) is 4.84. The van der Waals surface area contributed by atoms with Crippen LogP contribution in [0.1, 0.15) is 5.69 Å². The average Bonchev–Trinajstić information content (AvgIpc) is 3.39. The zero-order valence-electron chi connectivity index (χ0n) is 18.6. The van der Waals surface area contributed by atoms with Gasteiger partial charge in [-0.3, -0.25) is 14.7 Å². The number of hydrogen-bond acceptors (Lipinski definition) is 5. The van der Waals surface area contributed by atoms with Gasteiger partial charge in [-0.2, -0.15) is 0 Å². The van der Waals surface area contributed by atoms with Crippen molar-refractivity contribution in [3.63, 3.8) is 0 Å². The van der Waals surface area contributed by atoms with Gasteiger partial charge in [0.05, 0.1) is 16.1 Å². The summed E-state index contributed by atoms with van der Waals surface area (Å²) in [5.74, 6) is -0.0584. The van der Waals surface area contributed by atoms with Crippen molar-refractivity contribution >= 4 is 51.2 Å². The summed E-state index contributed by atoms with van der Waals surface area (Å²) in [5, 5.41) is 1.67. The molecule has 3 heterocycles. The summed E-state index contributed by atoms with van der Waals surface area (Å²) in [4.78, 5) is 26.3. The summed E-state index contributed by atoms with van der Waals surface area (Å²) >= 11 is 1.39. The van der Waals surface area contributed by atoms with Gasteiger partial charge in [0.1, 0.15) is 0 Å². The molecule has 0 saturated carbocycles. The van der Waals surface area contributed by atoms with Crippen LogP contribution in [0.25, 0.3) is 22.7 Å². The predicted molar refractivity (Wildman–Crippen MR) is 137 cm³/mol. The first-order valence-electron chi connectivity index (χ1n) is 10.6. The predicted octanol–water partition coefficient (Wildman–Crippen LogP) is 5.33. The molecule has 1 aliphatic rings. The maximum atomic E-state index is 12.9. The standard InChI is InChI=1S/C26H23N5OS/c1-29(2)20-9-11-21(12-10-20)31-15-5-7-22(31)17-24-25(32)30(3)26(33-24)28-19-8-13-23-18(16-19)6-4-14-27-23/h4-17H,1-3H3/b24-17-,28-26?. The van der Waals surface area contributed by atoms with Crippen LogP contribution in [0.2, 0.25) is 0 Å². The maximum Gasteiger partial charge on any atom is 0.266 e. The first kappa shape index (κ1) is 21.0. The molecule has 2 aromatic heterocycles. The second kappa shape index (κ2) is 8.60. The highest BCUT2D eigenvalue weighted by atomic mass is 32.2. The zero-order valence-corrected chi connectivity index (χ0v) is 19.5. The number of rotatable bonds is 4. The van der Waals surface area contributed by atoms with Crippen LogP contribution in [0.3, 0.4) is 0 Å². The SMILES string of the molecule is CN1C(=O)/C(=C/c2cccn2-c2ccc(N(C)C)cc2)SC1=Nc1ccc2ncccc2c1. The number of anilines is 1. The van der Waals surface area contributed by atoms with E-state index in [1.807, 2.05) is 68.8 Å². The van der Waals surface area contributed by atoms with Crippen molar-refractivity contribution in [2.45, 2.75) is 0 Å². The van der Waals surface area contributed by atoms with Gasteiger partial charge in [0.25, 0.3) is 5.91 Å². The molecule has 1 amide bonds. The van der Waals surface area contributed by atoms with Gasteiger partial charge in [-0.1, -0.05) is 6.07 Å². The number of carbonyl (C=O) groups excluding carboxylic acids is 1. The molecule has 0 bridgehead atoms. The molecule has 33 heavy (non-hydrogen) atoms. The number of likely N-dealkylation sites (N-methyl/N-ethyl adjacent to an activating group) is 1. The number of fused-ring (bicyclic) bond motifs is 1. The maximum absolute atomic E-state index is 12.9. The second-order valence-corrected chi connectivity index (χ2v) is 8.97. The molecule has 0 N–H and O–H groups in total. The Bertz CT molecular complexity index is 1400. The summed E-state index contributed by atoms with van der Waals surface area (Å²) < 4.78 is 2.08. The Kier molecular flexibility index (Phi) is 5.48. The van der Waals surface area contributed by atoms with Gasteiger partial charge in [-0.15, -0.1) is 0 Å². The largest absolute Gasteiger partial charge is 0.378 e. The molecule has 2 aromatic carbocycles. The van der Waals surface area contributed by atoms with E-state index in [0.717, 1.165) is 33.7 Å². The normalized spacial score (nSPS) is 16.3. The van der Waals surface area contributed by atoms with E-state index >= 15 is 0 Å². The quantitative estimate of drug-likeness (QED) is 0.392. The minimum atomic E-state index is -0.0584. The van der Waals surface area contributed by atoms with Gasteiger partial charge in [0.15, 0.2) is 5.17 Å². The second-order valence-electron chi connectivity index (χ2n) is 7.96. The van der Waals surface area contributed by atoms with Gasteiger partial charge in [-0.05, 0) is 78.5 Å². The van der Waals surface area contributed by atoms with E-state index in [-0.39, 0.29) is 5.91 Å². The third-order valence-electron chi connectivity index (χ3n) is 5.52. The number of pyridine rings is 1. The van der Waals surface area contributed by atoms with Crippen molar-refractivity contribution in [3.8, 4) is 5.69 Å². The molecule has 5 rings (SSSR count). The molecular formula is C26H23N5OS. The van der Waals surface area contributed by atoms with Gasteiger partial charge >= 0.3 is 0 Å². The van der Waals surface area contributed by atoms with Crippen LogP contribution < -0.4 is 4.90 Å².